The molecule has 14 heavy (non-hydrogen) atoms. The van der Waals surface area contributed by atoms with E-state index in [4.69, 9.17) is 0 Å². The van der Waals surface area contributed by atoms with Crippen molar-refractivity contribution in [2.45, 2.75) is 19.6 Å². The molecular weight excluding hydrogens is 184 g/mol. The van der Waals surface area contributed by atoms with Gasteiger partial charge < -0.3 is 15.3 Å². The summed E-state index contributed by atoms with van der Waals surface area (Å²) >= 11 is 0. The molecule has 0 radical (unpaired) electrons. The van der Waals surface area contributed by atoms with Crippen molar-refractivity contribution in [1.29, 1.82) is 0 Å². The molecule has 1 unspecified atom stereocenters. The summed E-state index contributed by atoms with van der Waals surface area (Å²) in [6.45, 7) is 2.46. The molecule has 0 aromatic heterocycles. The van der Waals surface area contributed by atoms with Crippen LogP contribution in [0.2, 0.25) is 0 Å². The highest BCUT2D eigenvalue weighted by atomic mass is 16.3. The van der Waals surface area contributed by atoms with Crippen LogP contribution in [0, 0.1) is 0 Å². The van der Waals surface area contributed by atoms with Gasteiger partial charge in [0.05, 0.1) is 0 Å². The zero-order valence-electron chi connectivity index (χ0n) is 8.06. The summed E-state index contributed by atoms with van der Waals surface area (Å²) < 4.78 is 0. The molecule has 78 valence electrons. The first-order valence-corrected chi connectivity index (χ1v) is 4.58. The number of aliphatic hydroxyl groups excluding tert-OH is 1. The summed E-state index contributed by atoms with van der Waals surface area (Å²) in [6.07, 6.45) is 2.33. The van der Waals surface area contributed by atoms with Crippen LogP contribution < -0.4 is 5.32 Å². The molecule has 1 rings (SSSR count). The fourth-order valence-corrected chi connectivity index (χ4v) is 1.18. The van der Waals surface area contributed by atoms with E-state index < -0.39 is 6.23 Å². The van der Waals surface area contributed by atoms with Crippen molar-refractivity contribution in [1.82, 2.24) is 10.2 Å². The maximum Gasteiger partial charge on any atom is 0.248 e. The molecule has 1 heterocycles. The van der Waals surface area contributed by atoms with Crippen LogP contribution in [0.25, 0.3) is 0 Å². The van der Waals surface area contributed by atoms with E-state index in [0.29, 0.717) is 19.5 Å². The first-order valence-electron chi connectivity index (χ1n) is 4.58. The quantitative estimate of drug-likeness (QED) is 0.623. The van der Waals surface area contributed by atoms with Crippen LogP contribution in [-0.2, 0) is 9.59 Å². The van der Waals surface area contributed by atoms with Gasteiger partial charge in [0, 0.05) is 25.6 Å². The standard InChI is InChI=1S/C9H14N2O3/c1-2-7(12)10-5-6-11-8(13)3-4-9(11)14/h3-4,8,13H,2,5-6H2,1H3,(H,10,12). The Morgan fingerprint density at radius 2 is 2.43 bits per heavy atom. The summed E-state index contributed by atoms with van der Waals surface area (Å²) in [7, 11) is 0. The van der Waals surface area contributed by atoms with Gasteiger partial charge in [0.1, 0.15) is 6.23 Å². The van der Waals surface area contributed by atoms with E-state index in [-0.39, 0.29) is 11.8 Å². The van der Waals surface area contributed by atoms with E-state index in [0.717, 1.165) is 0 Å². The van der Waals surface area contributed by atoms with Crippen LogP contribution in [0.1, 0.15) is 13.3 Å². The van der Waals surface area contributed by atoms with Crippen molar-refractivity contribution >= 4 is 11.8 Å². The summed E-state index contributed by atoms with van der Waals surface area (Å²) in [5.41, 5.74) is 0. The van der Waals surface area contributed by atoms with Crippen molar-refractivity contribution < 1.29 is 14.7 Å². The van der Waals surface area contributed by atoms with E-state index in [1.165, 1.54) is 17.1 Å². The highest BCUT2D eigenvalue weighted by Crippen LogP contribution is 2.06. The van der Waals surface area contributed by atoms with Gasteiger partial charge in [0.15, 0.2) is 0 Å². The lowest BCUT2D eigenvalue weighted by atomic mass is 10.4. The Bertz CT molecular complexity index is 263. The number of carbonyl (C=O) groups is 2. The van der Waals surface area contributed by atoms with Crippen molar-refractivity contribution in [3.05, 3.63) is 12.2 Å². The van der Waals surface area contributed by atoms with Gasteiger partial charge in [-0.3, -0.25) is 9.59 Å². The van der Waals surface area contributed by atoms with Crippen molar-refractivity contribution in [2.24, 2.45) is 0 Å². The molecule has 0 saturated heterocycles. The van der Waals surface area contributed by atoms with Crippen molar-refractivity contribution in [2.75, 3.05) is 13.1 Å². The highest BCUT2D eigenvalue weighted by molar-refractivity contribution is 5.90. The van der Waals surface area contributed by atoms with Gasteiger partial charge in [-0.1, -0.05) is 6.92 Å². The second-order valence-corrected chi connectivity index (χ2v) is 3.01. The van der Waals surface area contributed by atoms with Crippen LogP contribution in [0.3, 0.4) is 0 Å². The van der Waals surface area contributed by atoms with Gasteiger partial charge in [0.25, 0.3) is 0 Å². The third kappa shape index (κ3) is 2.56. The lowest BCUT2D eigenvalue weighted by Gasteiger charge is -2.20. The van der Waals surface area contributed by atoms with Crippen molar-refractivity contribution in [3.8, 4) is 0 Å². The number of rotatable bonds is 4. The Morgan fingerprint density at radius 3 is 2.93 bits per heavy atom. The Hall–Kier alpha value is -1.36. The van der Waals surface area contributed by atoms with Gasteiger partial charge in [-0.25, -0.2) is 0 Å². The van der Waals surface area contributed by atoms with Crippen LogP contribution in [0.5, 0.6) is 0 Å². The van der Waals surface area contributed by atoms with Crippen LogP contribution in [0.4, 0.5) is 0 Å². The highest BCUT2D eigenvalue weighted by Gasteiger charge is 2.22. The minimum absolute atomic E-state index is 0.0564. The Labute approximate surface area is 82.4 Å². The van der Waals surface area contributed by atoms with E-state index in [2.05, 4.69) is 5.32 Å². The first kappa shape index (κ1) is 10.7. The smallest absolute Gasteiger partial charge is 0.248 e. The predicted molar refractivity (Wildman–Crippen MR) is 50.2 cm³/mol. The van der Waals surface area contributed by atoms with Crippen molar-refractivity contribution in [3.63, 3.8) is 0 Å². The molecule has 0 spiro atoms. The summed E-state index contributed by atoms with van der Waals surface area (Å²) in [5.74, 6) is -0.276. The third-order valence-electron chi connectivity index (χ3n) is 2.01. The molecule has 0 aromatic carbocycles. The normalized spacial score (nSPS) is 20.3. The topological polar surface area (TPSA) is 69.6 Å². The molecule has 0 aliphatic carbocycles. The maximum atomic E-state index is 11.1. The number of aliphatic hydroxyl groups is 1. The minimum Gasteiger partial charge on any atom is -0.370 e. The third-order valence-corrected chi connectivity index (χ3v) is 2.01. The molecule has 2 amide bonds. The molecule has 1 aliphatic heterocycles. The van der Waals surface area contributed by atoms with E-state index >= 15 is 0 Å². The predicted octanol–water partition coefficient (Wildman–Crippen LogP) is -0.771. The number of hydrogen-bond donors (Lipinski definition) is 2. The Kier molecular flexibility index (Phi) is 3.64. The fourth-order valence-electron chi connectivity index (χ4n) is 1.18. The second kappa shape index (κ2) is 4.76. The number of carbonyl (C=O) groups excluding carboxylic acids is 2. The number of amides is 2. The first-order chi connectivity index (χ1) is 6.65. The SMILES string of the molecule is CCC(=O)NCCN1C(=O)C=CC1O. The van der Waals surface area contributed by atoms with E-state index in [1.807, 2.05) is 0 Å². The fraction of sp³-hybridized carbons (Fsp3) is 0.556. The van der Waals surface area contributed by atoms with Gasteiger partial charge >= 0.3 is 0 Å². The number of nitrogens with zero attached hydrogens (tertiary/aromatic N) is 1. The molecule has 1 atom stereocenters. The molecule has 5 heteroatoms. The van der Waals surface area contributed by atoms with Crippen LogP contribution >= 0.6 is 0 Å². The Balaban J connectivity index is 2.25. The zero-order chi connectivity index (χ0) is 10.6. The zero-order valence-corrected chi connectivity index (χ0v) is 8.06. The molecule has 0 fully saturated rings. The van der Waals surface area contributed by atoms with Gasteiger partial charge in [-0.2, -0.15) is 0 Å². The Morgan fingerprint density at radius 1 is 1.71 bits per heavy atom. The number of hydrogen-bond acceptors (Lipinski definition) is 3. The average molecular weight is 198 g/mol. The summed E-state index contributed by atoms with van der Waals surface area (Å²) in [6, 6.07) is 0. The van der Waals surface area contributed by atoms with Crippen LogP contribution in [0.15, 0.2) is 12.2 Å². The summed E-state index contributed by atoms with van der Waals surface area (Å²) in [4.78, 5) is 23.2. The lowest BCUT2D eigenvalue weighted by molar-refractivity contribution is -0.131. The van der Waals surface area contributed by atoms with Crippen LogP contribution in [-0.4, -0.2) is 41.1 Å². The molecule has 5 nitrogen and oxygen atoms in total. The van der Waals surface area contributed by atoms with Gasteiger partial charge in [-0.05, 0) is 6.08 Å². The molecule has 2 N–H and O–H groups in total. The second-order valence-electron chi connectivity index (χ2n) is 3.01. The minimum atomic E-state index is -0.846. The average Bonchev–Trinajstić information content (AvgIpc) is 2.48. The van der Waals surface area contributed by atoms with Gasteiger partial charge in [0.2, 0.25) is 11.8 Å². The lowest BCUT2D eigenvalue weighted by Crippen LogP contribution is -2.40. The molecule has 1 aliphatic rings. The van der Waals surface area contributed by atoms with Gasteiger partial charge in [-0.15, -0.1) is 0 Å². The summed E-state index contributed by atoms with van der Waals surface area (Å²) in [5, 5.41) is 11.9. The molecular formula is C9H14N2O3. The largest absolute Gasteiger partial charge is 0.370 e. The number of nitrogens with one attached hydrogen (secondary N) is 1. The van der Waals surface area contributed by atoms with E-state index in [1.54, 1.807) is 6.92 Å². The molecule has 0 saturated carbocycles. The molecule has 0 bridgehead atoms. The molecule has 0 aromatic rings. The van der Waals surface area contributed by atoms with E-state index in [9.17, 15) is 14.7 Å². The maximum absolute atomic E-state index is 11.1. The monoisotopic (exact) mass is 198 g/mol.